The fourth-order valence-electron chi connectivity index (χ4n) is 2.45. The molecule has 0 radical (unpaired) electrons. The average molecular weight is 361 g/mol. The van der Waals surface area contributed by atoms with Crippen molar-refractivity contribution in [3.63, 3.8) is 0 Å². The third kappa shape index (κ3) is 3.53. The van der Waals surface area contributed by atoms with Crippen LogP contribution in [0.3, 0.4) is 0 Å². The number of carbonyl (C=O) groups excluding carboxylic acids is 1. The van der Waals surface area contributed by atoms with Crippen molar-refractivity contribution in [2.45, 2.75) is 6.92 Å². The minimum Gasteiger partial charge on any atom is -0.496 e. The van der Waals surface area contributed by atoms with Gasteiger partial charge in [-0.15, -0.1) is 0 Å². The van der Waals surface area contributed by atoms with Gasteiger partial charge in [0.15, 0.2) is 0 Å². The number of nitro benzene ring substituents is 2. The quantitative estimate of drug-likeness (QED) is 0.617. The summed E-state index contributed by atoms with van der Waals surface area (Å²) in [5, 5.41) is 24.8. The van der Waals surface area contributed by atoms with Gasteiger partial charge in [-0.1, -0.05) is 12.1 Å². The average Bonchev–Trinajstić information content (AvgIpc) is 2.60. The van der Waals surface area contributed by atoms with Crippen LogP contribution >= 0.6 is 0 Å². The van der Waals surface area contributed by atoms with E-state index in [9.17, 15) is 25.0 Å². The maximum Gasteiger partial charge on any atom is 0.320 e. The van der Waals surface area contributed by atoms with Crippen LogP contribution in [-0.4, -0.2) is 30.0 Å². The second kappa shape index (κ2) is 7.47. The molecule has 0 heterocycles. The lowest BCUT2D eigenvalue weighted by atomic mass is 10.1. The number of nitro groups is 2. The summed E-state index contributed by atoms with van der Waals surface area (Å²) in [6.07, 6.45) is 0. The van der Waals surface area contributed by atoms with Crippen molar-refractivity contribution in [3.8, 4) is 11.5 Å². The Morgan fingerprint density at radius 2 is 1.54 bits per heavy atom. The summed E-state index contributed by atoms with van der Waals surface area (Å²) < 4.78 is 9.98. The maximum atomic E-state index is 12.5. The number of hydrogen-bond acceptors (Lipinski definition) is 7. The molecule has 10 heteroatoms. The molecule has 0 spiro atoms. The fraction of sp³-hybridized carbons (Fsp3) is 0.188. The minimum absolute atomic E-state index is 0.113. The van der Waals surface area contributed by atoms with Gasteiger partial charge >= 0.3 is 11.4 Å². The van der Waals surface area contributed by atoms with Gasteiger partial charge in [0.2, 0.25) is 0 Å². The third-order valence-electron chi connectivity index (χ3n) is 3.57. The summed E-state index contributed by atoms with van der Waals surface area (Å²) in [7, 11) is 2.49. The summed E-state index contributed by atoms with van der Waals surface area (Å²) in [5.74, 6) is -0.784. The molecule has 0 aliphatic rings. The molecule has 0 saturated carbocycles. The van der Waals surface area contributed by atoms with Crippen LogP contribution in [0.1, 0.15) is 15.9 Å². The Morgan fingerprint density at radius 1 is 1.00 bits per heavy atom. The minimum atomic E-state index is -0.825. The number of nitrogens with zero attached hydrogens (tertiary/aromatic N) is 2. The van der Waals surface area contributed by atoms with Crippen molar-refractivity contribution in [2.24, 2.45) is 0 Å². The predicted molar refractivity (Wildman–Crippen MR) is 92.0 cm³/mol. The van der Waals surface area contributed by atoms with E-state index in [1.165, 1.54) is 13.2 Å². The molecule has 0 aromatic heterocycles. The first-order chi connectivity index (χ1) is 12.3. The van der Waals surface area contributed by atoms with E-state index in [0.29, 0.717) is 11.3 Å². The highest BCUT2D eigenvalue weighted by molar-refractivity contribution is 6.06. The second-order valence-electron chi connectivity index (χ2n) is 5.17. The van der Waals surface area contributed by atoms with Crippen LogP contribution in [0, 0.1) is 27.2 Å². The van der Waals surface area contributed by atoms with Gasteiger partial charge in [-0.2, -0.15) is 0 Å². The molecular formula is C16H15N3O7. The van der Waals surface area contributed by atoms with Crippen molar-refractivity contribution < 1.29 is 24.1 Å². The topological polar surface area (TPSA) is 134 Å². The van der Waals surface area contributed by atoms with E-state index in [2.05, 4.69) is 5.32 Å². The van der Waals surface area contributed by atoms with Crippen LogP contribution < -0.4 is 14.8 Å². The number of benzene rings is 2. The van der Waals surface area contributed by atoms with Crippen molar-refractivity contribution in [1.82, 2.24) is 0 Å². The highest BCUT2D eigenvalue weighted by Crippen LogP contribution is 2.39. The lowest BCUT2D eigenvalue weighted by molar-refractivity contribution is -0.395. The van der Waals surface area contributed by atoms with E-state index in [1.54, 1.807) is 19.1 Å². The normalized spacial score (nSPS) is 10.1. The molecular weight excluding hydrogens is 346 g/mol. The molecule has 0 aliphatic carbocycles. The Hall–Kier alpha value is -3.69. The lowest BCUT2D eigenvalue weighted by Crippen LogP contribution is -2.14. The summed E-state index contributed by atoms with van der Waals surface area (Å²) in [4.78, 5) is 33.2. The van der Waals surface area contributed by atoms with Gasteiger partial charge in [0.05, 0.1) is 35.3 Å². The van der Waals surface area contributed by atoms with Crippen LogP contribution in [-0.2, 0) is 0 Å². The Morgan fingerprint density at radius 3 is 2.00 bits per heavy atom. The second-order valence-corrected chi connectivity index (χ2v) is 5.17. The molecule has 2 aromatic carbocycles. The maximum absolute atomic E-state index is 12.5. The molecule has 2 rings (SSSR count). The summed E-state index contributed by atoms with van der Waals surface area (Å²) in [5.41, 5.74) is -0.473. The molecule has 0 fully saturated rings. The SMILES string of the molecule is COc1c(C)cccc1C(=O)Nc1cc([N+](=O)[O-])c(OC)c([N+](=O)[O-])c1. The number of para-hydroxylation sites is 1. The number of amides is 1. The third-order valence-corrected chi connectivity index (χ3v) is 3.57. The molecule has 26 heavy (non-hydrogen) atoms. The van der Waals surface area contributed by atoms with E-state index in [1.807, 2.05) is 0 Å². The molecule has 1 amide bonds. The van der Waals surface area contributed by atoms with Gasteiger partial charge in [-0.25, -0.2) is 0 Å². The van der Waals surface area contributed by atoms with Gasteiger partial charge in [-0.05, 0) is 18.6 Å². The highest BCUT2D eigenvalue weighted by Gasteiger charge is 2.28. The molecule has 0 atom stereocenters. The Kier molecular flexibility index (Phi) is 5.36. The summed E-state index contributed by atoms with van der Waals surface area (Å²) >= 11 is 0. The van der Waals surface area contributed by atoms with Gasteiger partial charge in [-0.3, -0.25) is 25.0 Å². The fourth-order valence-corrected chi connectivity index (χ4v) is 2.45. The summed E-state index contributed by atoms with van der Waals surface area (Å²) in [6.45, 7) is 1.75. The van der Waals surface area contributed by atoms with Crippen molar-refractivity contribution in [1.29, 1.82) is 0 Å². The number of anilines is 1. The zero-order chi connectivity index (χ0) is 19.4. The smallest absolute Gasteiger partial charge is 0.320 e. The van der Waals surface area contributed by atoms with Gasteiger partial charge in [0, 0.05) is 12.1 Å². The molecule has 0 unspecified atom stereocenters. The summed E-state index contributed by atoms with van der Waals surface area (Å²) in [6, 6.07) is 6.88. The van der Waals surface area contributed by atoms with Crippen molar-refractivity contribution >= 4 is 23.0 Å². The number of hydrogen-bond donors (Lipinski definition) is 1. The van der Waals surface area contributed by atoms with E-state index >= 15 is 0 Å². The first-order valence-corrected chi connectivity index (χ1v) is 7.26. The monoisotopic (exact) mass is 361 g/mol. The van der Waals surface area contributed by atoms with Gasteiger partial charge < -0.3 is 14.8 Å². The first-order valence-electron chi connectivity index (χ1n) is 7.26. The zero-order valence-corrected chi connectivity index (χ0v) is 14.1. The molecule has 10 nitrogen and oxygen atoms in total. The van der Waals surface area contributed by atoms with Crippen LogP contribution in [0.25, 0.3) is 0 Å². The number of rotatable bonds is 6. The number of carbonyl (C=O) groups is 1. The van der Waals surface area contributed by atoms with E-state index in [0.717, 1.165) is 19.2 Å². The van der Waals surface area contributed by atoms with E-state index in [4.69, 9.17) is 9.47 Å². The van der Waals surface area contributed by atoms with Gasteiger partial charge in [0.1, 0.15) is 5.75 Å². The molecule has 2 aromatic rings. The van der Waals surface area contributed by atoms with Crippen LogP contribution in [0.15, 0.2) is 30.3 Å². The number of methoxy groups -OCH3 is 2. The molecule has 0 aliphatic heterocycles. The predicted octanol–water partition coefficient (Wildman–Crippen LogP) is 3.08. The Balaban J connectivity index is 2.50. The van der Waals surface area contributed by atoms with E-state index < -0.39 is 32.9 Å². The highest BCUT2D eigenvalue weighted by atomic mass is 16.6. The molecule has 0 saturated heterocycles. The van der Waals surface area contributed by atoms with Crippen LogP contribution in [0.4, 0.5) is 17.1 Å². The van der Waals surface area contributed by atoms with Crippen molar-refractivity contribution in [2.75, 3.05) is 19.5 Å². The van der Waals surface area contributed by atoms with Crippen LogP contribution in [0.5, 0.6) is 11.5 Å². The Labute approximate surface area is 147 Å². The molecule has 1 N–H and O–H groups in total. The molecule has 136 valence electrons. The zero-order valence-electron chi connectivity index (χ0n) is 14.1. The number of ether oxygens (including phenoxy) is 2. The molecule has 0 bridgehead atoms. The Bertz CT molecular complexity index is 860. The lowest BCUT2D eigenvalue weighted by Gasteiger charge is -2.12. The standard InChI is InChI=1S/C16H15N3O7/c1-9-5-4-6-11(14(9)25-2)16(20)17-10-7-12(18(21)22)15(26-3)13(8-10)19(23)24/h4-8H,1-3H3,(H,17,20). The largest absolute Gasteiger partial charge is 0.496 e. The van der Waals surface area contributed by atoms with Crippen LogP contribution in [0.2, 0.25) is 0 Å². The number of aryl methyl sites for hydroxylation is 1. The van der Waals surface area contributed by atoms with Crippen molar-refractivity contribution in [3.05, 3.63) is 61.7 Å². The number of nitrogens with one attached hydrogen (secondary N) is 1. The van der Waals surface area contributed by atoms with E-state index in [-0.39, 0.29) is 11.3 Å². The first kappa shape index (κ1) is 18.6. The van der Waals surface area contributed by atoms with Gasteiger partial charge in [0.25, 0.3) is 11.7 Å².